The zero-order chi connectivity index (χ0) is 13.0. The van der Waals surface area contributed by atoms with Crippen LogP contribution < -0.4 is 4.74 Å². The van der Waals surface area contributed by atoms with Crippen LogP contribution in [0.2, 0.25) is 0 Å². The maximum atomic E-state index is 13.3. The van der Waals surface area contributed by atoms with Crippen molar-refractivity contribution < 1.29 is 13.5 Å². The van der Waals surface area contributed by atoms with Crippen LogP contribution in [0.15, 0.2) is 30.9 Å². The monoisotopic (exact) mass is 249 g/mol. The standard InChI is InChI=1S/C12H9F2N3O/c13-9-5-11(14)10(7-15)12(6-9)18-4-3-17-2-1-16-8-17/h1-2,5-6,8H,3-4H2. The fraction of sp³-hybridized carbons (Fsp3) is 0.167. The van der Waals surface area contributed by atoms with Gasteiger partial charge in [0.2, 0.25) is 0 Å². The van der Waals surface area contributed by atoms with Gasteiger partial charge in [-0.2, -0.15) is 5.26 Å². The van der Waals surface area contributed by atoms with Gasteiger partial charge in [-0.3, -0.25) is 0 Å². The minimum atomic E-state index is -0.921. The molecular formula is C12H9F2N3O. The van der Waals surface area contributed by atoms with Gasteiger partial charge in [0, 0.05) is 24.5 Å². The minimum Gasteiger partial charge on any atom is -0.490 e. The number of ether oxygens (including phenoxy) is 1. The molecule has 0 saturated heterocycles. The van der Waals surface area contributed by atoms with E-state index in [2.05, 4.69) is 4.98 Å². The molecule has 2 rings (SSSR count). The Bertz CT molecular complexity index is 576. The highest BCUT2D eigenvalue weighted by atomic mass is 19.1. The smallest absolute Gasteiger partial charge is 0.147 e. The molecule has 1 aromatic carbocycles. The summed E-state index contributed by atoms with van der Waals surface area (Å²) in [5, 5.41) is 8.77. The molecule has 0 bridgehead atoms. The third-order valence-corrected chi connectivity index (χ3v) is 2.30. The number of nitriles is 1. The van der Waals surface area contributed by atoms with Crippen LogP contribution in [0.3, 0.4) is 0 Å². The Morgan fingerprint density at radius 1 is 1.39 bits per heavy atom. The molecule has 6 heteroatoms. The Morgan fingerprint density at radius 2 is 2.22 bits per heavy atom. The van der Waals surface area contributed by atoms with Crippen LogP contribution in [-0.4, -0.2) is 16.2 Å². The van der Waals surface area contributed by atoms with E-state index in [1.807, 2.05) is 0 Å². The molecule has 92 valence electrons. The predicted molar refractivity (Wildman–Crippen MR) is 58.8 cm³/mol. The van der Waals surface area contributed by atoms with Gasteiger partial charge < -0.3 is 9.30 Å². The minimum absolute atomic E-state index is 0.0879. The van der Waals surface area contributed by atoms with E-state index in [0.29, 0.717) is 12.6 Å². The van der Waals surface area contributed by atoms with Gasteiger partial charge in [-0.1, -0.05) is 0 Å². The fourth-order valence-electron chi connectivity index (χ4n) is 1.45. The van der Waals surface area contributed by atoms with Crippen molar-refractivity contribution in [2.75, 3.05) is 6.61 Å². The van der Waals surface area contributed by atoms with E-state index < -0.39 is 11.6 Å². The van der Waals surface area contributed by atoms with E-state index in [1.54, 1.807) is 29.4 Å². The Kier molecular flexibility index (Phi) is 3.53. The van der Waals surface area contributed by atoms with E-state index in [1.165, 1.54) is 0 Å². The molecule has 18 heavy (non-hydrogen) atoms. The summed E-state index contributed by atoms with van der Waals surface area (Å²) in [6.07, 6.45) is 4.95. The van der Waals surface area contributed by atoms with Crippen LogP contribution in [0.5, 0.6) is 5.75 Å². The third kappa shape index (κ3) is 2.63. The molecule has 2 aromatic rings. The molecule has 0 aliphatic rings. The highest BCUT2D eigenvalue weighted by Crippen LogP contribution is 2.22. The van der Waals surface area contributed by atoms with Crippen molar-refractivity contribution in [2.24, 2.45) is 0 Å². The van der Waals surface area contributed by atoms with Crippen LogP contribution in [0.1, 0.15) is 5.56 Å². The summed E-state index contributed by atoms with van der Waals surface area (Å²) in [7, 11) is 0. The third-order valence-electron chi connectivity index (χ3n) is 2.30. The van der Waals surface area contributed by atoms with Crippen molar-refractivity contribution in [3.05, 3.63) is 48.1 Å². The Labute approximate surface area is 102 Å². The summed E-state index contributed by atoms with van der Waals surface area (Å²) in [5.74, 6) is -1.78. The lowest BCUT2D eigenvalue weighted by Crippen LogP contribution is -2.08. The summed E-state index contributed by atoms with van der Waals surface area (Å²) < 4.78 is 33.2. The van der Waals surface area contributed by atoms with Gasteiger partial charge in [-0.25, -0.2) is 13.8 Å². The molecule has 0 aliphatic heterocycles. The van der Waals surface area contributed by atoms with E-state index >= 15 is 0 Å². The molecule has 0 unspecified atom stereocenters. The summed E-state index contributed by atoms with van der Waals surface area (Å²) in [6.45, 7) is 0.664. The topological polar surface area (TPSA) is 50.8 Å². The molecule has 1 heterocycles. The molecule has 0 N–H and O–H groups in total. The molecule has 0 aliphatic carbocycles. The van der Waals surface area contributed by atoms with Crippen LogP contribution in [0.25, 0.3) is 0 Å². The van der Waals surface area contributed by atoms with Gasteiger partial charge >= 0.3 is 0 Å². The summed E-state index contributed by atoms with van der Waals surface area (Å²) in [4.78, 5) is 3.84. The Balaban J connectivity index is 2.07. The van der Waals surface area contributed by atoms with E-state index in [0.717, 1.165) is 6.07 Å². The average molecular weight is 249 g/mol. The first kappa shape index (κ1) is 12.0. The summed E-state index contributed by atoms with van der Waals surface area (Å²) in [6, 6.07) is 3.30. The number of hydrogen-bond acceptors (Lipinski definition) is 3. The first-order valence-electron chi connectivity index (χ1n) is 5.18. The second-order valence-corrected chi connectivity index (χ2v) is 3.52. The van der Waals surface area contributed by atoms with Crippen LogP contribution >= 0.6 is 0 Å². The van der Waals surface area contributed by atoms with Gasteiger partial charge in [-0.15, -0.1) is 0 Å². The van der Waals surface area contributed by atoms with Gasteiger partial charge in [-0.05, 0) is 0 Å². The maximum Gasteiger partial charge on any atom is 0.147 e. The number of aromatic nitrogens is 2. The molecule has 4 nitrogen and oxygen atoms in total. The molecule has 0 amide bonds. The highest BCUT2D eigenvalue weighted by molar-refractivity contribution is 5.44. The fourth-order valence-corrected chi connectivity index (χ4v) is 1.45. The number of hydrogen-bond donors (Lipinski definition) is 0. The van der Waals surface area contributed by atoms with E-state index in [-0.39, 0.29) is 17.9 Å². The van der Waals surface area contributed by atoms with Crippen LogP contribution in [-0.2, 0) is 6.54 Å². The van der Waals surface area contributed by atoms with Crippen molar-refractivity contribution >= 4 is 0 Å². The number of halogens is 2. The molecule has 0 atom stereocenters. The normalized spacial score (nSPS) is 10.1. The molecule has 0 radical (unpaired) electrons. The zero-order valence-corrected chi connectivity index (χ0v) is 9.31. The van der Waals surface area contributed by atoms with E-state index in [4.69, 9.17) is 10.00 Å². The lowest BCUT2D eigenvalue weighted by Gasteiger charge is -2.08. The molecule has 0 fully saturated rings. The maximum absolute atomic E-state index is 13.3. The summed E-state index contributed by atoms with van der Waals surface area (Å²) in [5.41, 5.74) is -0.290. The molecule has 0 saturated carbocycles. The molecule has 0 spiro atoms. The van der Waals surface area contributed by atoms with Crippen LogP contribution in [0.4, 0.5) is 8.78 Å². The predicted octanol–water partition coefficient (Wildman–Crippen LogP) is 2.11. The van der Waals surface area contributed by atoms with Gasteiger partial charge in [0.15, 0.2) is 0 Å². The molecule has 1 aromatic heterocycles. The SMILES string of the molecule is N#Cc1c(F)cc(F)cc1OCCn1ccnc1. The van der Waals surface area contributed by atoms with E-state index in [9.17, 15) is 8.78 Å². The quantitative estimate of drug-likeness (QED) is 0.833. The second kappa shape index (κ2) is 5.27. The Morgan fingerprint density at radius 3 is 2.89 bits per heavy atom. The number of nitrogens with zero attached hydrogens (tertiary/aromatic N) is 3. The largest absolute Gasteiger partial charge is 0.490 e. The average Bonchev–Trinajstić information content (AvgIpc) is 2.81. The molecular weight excluding hydrogens is 240 g/mol. The number of rotatable bonds is 4. The Hall–Kier alpha value is -2.42. The lowest BCUT2D eigenvalue weighted by molar-refractivity contribution is 0.294. The van der Waals surface area contributed by atoms with Crippen molar-refractivity contribution in [1.29, 1.82) is 5.26 Å². The van der Waals surface area contributed by atoms with Crippen molar-refractivity contribution in [2.45, 2.75) is 6.54 Å². The first-order valence-corrected chi connectivity index (χ1v) is 5.18. The second-order valence-electron chi connectivity index (χ2n) is 3.52. The number of benzene rings is 1. The van der Waals surface area contributed by atoms with Gasteiger partial charge in [0.25, 0.3) is 0 Å². The summed E-state index contributed by atoms with van der Waals surface area (Å²) >= 11 is 0. The zero-order valence-electron chi connectivity index (χ0n) is 9.31. The van der Waals surface area contributed by atoms with Crippen molar-refractivity contribution in [3.8, 4) is 11.8 Å². The highest BCUT2D eigenvalue weighted by Gasteiger charge is 2.12. The number of imidazole rings is 1. The van der Waals surface area contributed by atoms with Gasteiger partial charge in [0.05, 0.1) is 12.9 Å². The van der Waals surface area contributed by atoms with Crippen LogP contribution in [0, 0.1) is 23.0 Å². The first-order chi connectivity index (χ1) is 8.70. The lowest BCUT2D eigenvalue weighted by atomic mass is 10.2. The van der Waals surface area contributed by atoms with Gasteiger partial charge in [0.1, 0.15) is 35.6 Å². The van der Waals surface area contributed by atoms with Crippen molar-refractivity contribution in [3.63, 3.8) is 0 Å². The van der Waals surface area contributed by atoms with Crippen molar-refractivity contribution in [1.82, 2.24) is 9.55 Å².